The van der Waals surface area contributed by atoms with Gasteiger partial charge < -0.3 is 16.0 Å². The Morgan fingerprint density at radius 3 is 1.88 bits per heavy atom. The Balaban J connectivity index is 1.91. The number of rotatable bonds is 4. The number of anilines is 2. The van der Waals surface area contributed by atoms with Gasteiger partial charge in [0, 0.05) is 18.3 Å². The number of nitrogens with one attached hydrogen (secondary N) is 3. The highest BCUT2D eigenvalue weighted by Gasteiger charge is 2.17. The third-order valence-electron chi connectivity index (χ3n) is 3.32. The van der Waals surface area contributed by atoms with Crippen molar-refractivity contribution in [2.24, 2.45) is 0 Å². The average molecular weight is 325 g/mol. The summed E-state index contributed by atoms with van der Waals surface area (Å²) in [5, 5.41) is 7.78. The van der Waals surface area contributed by atoms with E-state index in [0.29, 0.717) is 11.4 Å². The summed E-state index contributed by atoms with van der Waals surface area (Å²) in [6, 6.07) is 15.6. The van der Waals surface area contributed by atoms with Crippen molar-refractivity contribution >= 4 is 29.1 Å². The standard InChI is InChI=1S/C18H19N3O3/c1-12(14-6-4-3-5-7-14)19-17(23)18(24)21-16-10-8-15(9-11-16)20-13(2)22/h3-12H,1-2H3,(H,19,23)(H,20,22)(H,21,24)/t12-/m0/s1. The third kappa shape index (κ3) is 4.95. The van der Waals surface area contributed by atoms with E-state index in [-0.39, 0.29) is 11.9 Å². The first-order valence-electron chi connectivity index (χ1n) is 7.50. The lowest BCUT2D eigenvalue weighted by molar-refractivity contribution is -0.136. The Morgan fingerprint density at radius 1 is 0.792 bits per heavy atom. The quantitative estimate of drug-likeness (QED) is 0.755. The van der Waals surface area contributed by atoms with Crippen molar-refractivity contribution in [2.75, 3.05) is 10.6 Å². The lowest BCUT2D eigenvalue weighted by Crippen LogP contribution is -2.36. The summed E-state index contributed by atoms with van der Waals surface area (Å²) < 4.78 is 0. The van der Waals surface area contributed by atoms with Crippen LogP contribution in [0.25, 0.3) is 0 Å². The second-order valence-electron chi connectivity index (χ2n) is 5.32. The van der Waals surface area contributed by atoms with Gasteiger partial charge in [0.15, 0.2) is 0 Å². The summed E-state index contributed by atoms with van der Waals surface area (Å²) in [5.41, 5.74) is 2.00. The van der Waals surface area contributed by atoms with Crippen molar-refractivity contribution in [2.45, 2.75) is 19.9 Å². The zero-order valence-corrected chi connectivity index (χ0v) is 13.5. The minimum absolute atomic E-state index is 0.180. The molecule has 24 heavy (non-hydrogen) atoms. The van der Waals surface area contributed by atoms with Gasteiger partial charge in [-0.2, -0.15) is 0 Å². The summed E-state index contributed by atoms with van der Waals surface area (Å²) in [6.45, 7) is 3.22. The first kappa shape index (κ1) is 17.2. The predicted molar refractivity (Wildman–Crippen MR) is 92.4 cm³/mol. The molecule has 0 bridgehead atoms. The van der Waals surface area contributed by atoms with Crippen molar-refractivity contribution in [3.63, 3.8) is 0 Å². The maximum absolute atomic E-state index is 12.0. The smallest absolute Gasteiger partial charge is 0.313 e. The van der Waals surface area contributed by atoms with Crippen LogP contribution < -0.4 is 16.0 Å². The number of hydrogen-bond acceptors (Lipinski definition) is 3. The molecule has 6 nitrogen and oxygen atoms in total. The highest BCUT2D eigenvalue weighted by molar-refractivity contribution is 6.39. The highest BCUT2D eigenvalue weighted by atomic mass is 16.2. The van der Waals surface area contributed by atoms with Crippen LogP contribution >= 0.6 is 0 Å². The fraction of sp³-hybridized carbons (Fsp3) is 0.167. The van der Waals surface area contributed by atoms with E-state index in [1.54, 1.807) is 24.3 Å². The van der Waals surface area contributed by atoms with Gasteiger partial charge in [-0.05, 0) is 36.8 Å². The zero-order valence-electron chi connectivity index (χ0n) is 13.5. The van der Waals surface area contributed by atoms with Gasteiger partial charge in [0.1, 0.15) is 0 Å². The molecule has 0 fully saturated rings. The summed E-state index contributed by atoms with van der Waals surface area (Å²) in [4.78, 5) is 34.9. The van der Waals surface area contributed by atoms with E-state index in [1.807, 2.05) is 37.3 Å². The van der Waals surface area contributed by atoms with Crippen molar-refractivity contribution < 1.29 is 14.4 Å². The molecule has 0 radical (unpaired) electrons. The molecule has 2 aromatic carbocycles. The Morgan fingerprint density at radius 2 is 1.33 bits per heavy atom. The van der Waals surface area contributed by atoms with Gasteiger partial charge in [-0.3, -0.25) is 14.4 Å². The molecule has 3 N–H and O–H groups in total. The largest absolute Gasteiger partial charge is 0.341 e. The molecule has 0 aliphatic heterocycles. The molecule has 0 aliphatic carbocycles. The molecule has 0 aliphatic rings. The van der Waals surface area contributed by atoms with Gasteiger partial charge in [-0.25, -0.2) is 0 Å². The normalized spacial score (nSPS) is 11.2. The van der Waals surface area contributed by atoms with Gasteiger partial charge >= 0.3 is 11.8 Å². The monoisotopic (exact) mass is 325 g/mol. The molecular weight excluding hydrogens is 306 g/mol. The predicted octanol–water partition coefficient (Wildman–Crippen LogP) is 2.46. The first-order chi connectivity index (χ1) is 11.5. The number of benzene rings is 2. The van der Waals surface area contributed by atoms with Crippen LogP contribution in [-0.2, 0) is 14.4 Å². The minimum atomic E-state index is -0.745. The van der Waals surface area contributed by atoms with Crippen LogP contribution in [0.15, 0.2) is 54.6 Å². The molecular formula is C18H19N3O3. The molecule has 0 unspecified atom stereocenters. The van der Waals surface area contributed by atoms with E-state index in [0.717, 1.165) is 5.56 Å². The lowest BCUT2D eigenvalue weighted by atomic mass is 10.1. The SMILES string of the molecule is CC(=O)Nc1ccc(NC(=O)C(=O)N[C@@H](C)c2ccccc2)cc1. The summed E-state index contributed by atoms with van der Waals surface area (Å²) >= 11 is 0. The molecule has 2 rings (SSSR count). The van der Waals surface area contributed by atoms with Crippen molar-refractivity contribution in [1.82, 2.24) is 5.32 Å². The minimum Gasteiger partial charge on any atom is -0.341 e. The molecule has 0 heterocycles. The number of carbonyl (C=O) groups is 3. The Hall–Kier alpha value is -3.15. The van der Waals surface area contributed by atoms with Gasteiger partial charge in [-0.15, -0.1) is 0 Å². The fourth-order valence-electron chi connectivity index (χ4n) is 2.12. The Bertz CT molecular complexity index is 727. The number of amides is 3. The molecule has 0 spiro atoms. The average Bonchev–Trinajstić information content (AvgIpc) is 2.56. The molecule has 2 aromatic rings. The van der Waals surface area contributed by atoms with E-state index in [2.05, 4.69) is 16.0 Å². The van der Waals surface area contributed by atoms with Crippen LogP contribution in [-0.4, -0.2) is 17.7 Å². The summed E-state index contributed by atoms with van der Waals surface area (Å²) in [7, 11) is 0. The molecule has 124 valence electrons. The van der Waals surface area contributed by atoms with Crippen LogP contribution in [0, 0.1) is 0 Å². The second kappa shape index (κ2) is 7.92. The van der Waals surface area contributed by atoms with Crippen LogP contribution in [0.2, 0.25) is 0 Å². The topological polar surface area (TPSA) is 87.3 Å². The molecule has 0 aromatic heterocycles. The fourth-order valence-corrected chi connectivity index (χ4v) is 2.12. The van der Waals surface area contributed by atoms with Crippen LogP contribution in [0.1, 0.15) is 25.5 Å². The van der Waals surface area contributed by atoms with Gasteiger partial charge in [-0.1, -0.05) is 30.3 Å². The molecule has 0 saturated carbocycles. The van der Waals surface area contributed by atoms with Gasteiger partial charge in [0.05, 0.1) is 6.04 Å². The maximum Gasteiger partial charge on any atom is 0.313 e. The Kier molecular flexibility index (Phi) is 5.68. The summed E-state index contributed by atoms with van der Waals surface area (Å²) in [5.74, 6) is -1.64. The van der Waals surface area contributed by atoms with E-state index in [9.17, 15) is 14.4 Å². The molecule has 1 atom stereocenters. The lowest BCUT2D eigenvalue weighted by Gasteiger charge is -2.14. The third-order valence-corrected chi connectivity index (χ3v) is 3.32. The zero-order chi connectivity index (χ0) is 17.5. The van der Waals surface area contributed by atoms with E-state index in [1.165, 1.54) is 6.92 Å². The van der Waals surface area contributed by atoms with Crippen molar-refractivity contribution in [3.8, 4) is 0 Å². The Labute approximate surface area is 140 Å². The number of carbonyl (C=O) groups excluding carboxylic acids is 3. The number of hydrogen-bond donors (Lipinski definition) is 3. The molecule has 6 heteroatoms. The van der Waals surface area contributed by atoms with E-state index >= 15 is 0 Å². The van der Waals surface area contributed by atoms with Crippen LogP contribution in [0.4, 0.5) is 11.4 Å². The molecule has 3 amide bonds. The van der Waals surface area contributed by atoms with Crippen molar-refractivity contribution in [1.29, 1.82) is 0 Å². The van der Waals surface area contributed by atoms with E-state index in [4.69, 9.17) is 0 Å². The first-order valence-corrected chi connectivity index (χ1v) is 7.50. The maximum atomic E-state index is 12.0. The van der Waals surface area contributed by atoms with E-state index < -0.39 is 11.8 Å². The molecule has 0 saturated heterocycles. The van der Waals surface area contributed by atoms with Crippen LogP contribution in [0.3, 0.4) is 0 Å². The van der Waals surface area contributed by atoms with Crippen LogP contribution in [0.5, 0.6) is 0 Å². The second-order valence-corrected chi connectivity index (χ2v) is 5.32. The summed E-state index contributed by atoms with van der Waals surface area (Å²) in [6.07, 6.45) is 0. The highest BCUT2D eigenvalue weighted by Crippen LogP contribution is 2.14. The van der Waals surface area contributed by atoms with Crippen molar-refractivity contribution in [3.05, 3.63) is 60.2 Å². The van der Waals surface area contributed by atoms with Gasteiger partial charge in [0.25, 0.3) is 0 Å². The van der Waals surface area contributed by atoms with Gasteiger partial charge in [0.2, 0.25) is 5.91 Å².